The van der Waals surface area contributed by atoms with Gasteiger partial charge >= 0.3 is 0 Å². The van der Waals surface area contributed by atoms with Crippen LogP contribution in [0.3, 0.4) is 0 Å². The molecular formula is C16H21FO. The molecule has 2 heteroatoms. The molecule has 0 heterocycles. The molecule has 1 aromatic carbocycles. The molecular weight excluding hydrogens is 227 g/mol. The molecule has 0 fully saturated rings. The Morgan fingerprint density at radius 2 is 2.11 bits per heavy atom. The van der Waals surface area contributed by atoms with Crippen LogP contribution in [-0.4, -0.2) is 11.5 Å². The van der Waals surface area contributed by atoms with Gasteiger partial charge in [0.1, 0.15) is 0 Å². The van der Waals surface area contributed by atoms with Crippen molar-refractivity contribution in [1.29, 1.82) is 0 Å². The smallest absolute Gasteiger partial charge is 0.200 e. The van der Waals surface area contributed by atoms with Crippen LogP contribution in [0.5, 0.6) is 0 Å². The van der Waals surface area contributed by atoms with Crippen LogP contribution in [0.4, 0.5) is 4.39 Å². The van der Waals surface area contributed by atoms with Gasteiger partial charge in [0.15, 0.2) is 5.67 Å². The van der Waals surface area contributed by atoms with Crippen molar-refractivity contribution in [3.05, 3.63) is 34.9 Å². The fraction of sp³-hybridized carbons (Fsp3) is 0.562. The van der Waals surface area contributed by atoms with Crippen molar-refractivity contribution in [2.24, 2.45) is 0 Å². The second kappa shape index (κ2) is 4.83. The van der Waals surface area contributed by atoms with Gasteiger partial charge in [-0.2, -0.15) is 0 Å². The summed E-state index contributed by atoms with van der Waals surface area (Å²) in [7, 11) is 0. The minimum absolute atomic E-state index is 0.176. The molecule has 1 nitrogen and oxygen atoms in total. The van der Waals surface area contributed by atoms with E-state index in [1.165, 1.54) is 5.56 Å². The lowest BCUT2D eigenvalue weighted by molar-refractivity contribution is 0.0627. The number of hydrogen-bond donors (Lipinski definition) is 0. The maximum atomic E-state index is 14.8. The van der Waals surface area contributed by atoms with Crippen molar-refractivity contribution < 1.29 is 9.18 Å². The number of aryl methyl sites for hydroxylation is 1. The van der Waals surface area contributed by atoms with Crippen LogP contribution in [0.1, 0.15) is 67.4 Å². The van der Waals surface area contributed by atoms with E-state index in [-0.39, 0.29) is 11.7 Å². The number of carbonyl (C=O) groups is 1. The Morgan fingerprint density at radius 1 is 1.39 bits per heavy atom. The lowest BCUT2D eigenvalue weighted by Crippen LogP contribution is -2.34. The van der Waals surface area contributed by atoms with Gasteiger partial charge in [-0.3, -0.25) is 4.79 Å². The highest BCUT2D eigenvalue weighted by Gasteiger charge is 2.53. The van der Waals surface area contributed by atoms with E-state index < -0.39 is 5.67 Å². The van der Waals surface area contributed by atoms with Crippen molar-refractivity contribution in [2.45, 2.75) is 58.0 Å². The largest absolute Gasteiger partial charge is 0.291 e. The number of carbonyl (C=O) groups excluding carboxylic acids is 1. The number of ketones is 1. The molecule has 2 unspecified atom stereocenters. The molecule has 0 aromatic heterocycles. The molecule has 98 valence electrons. The predicted octanol–water partition coefficient (Wildman–Crippen LogP) is 4.45. The predicted molar refractivity (Wildman–Crippen MR) is 71.9 cm³/mol. The number of rotatable bonds is 1. The number of alkyl halides is 1. The van der Waals surface area contributed by atoms with Crippen LogP contribution in [0.15, 0.2) is 18.2 Å². The Balaban J connectivity index is 0.000000574. The first-order chi connectivity index (χ1) is 8.68. The number of halogens is 1. The summed E-state index contributed by atoms with van der Waals surface area (Å²) >= 11 is 0. The summed E-state index contributed by atoms with van der Waals surface area (Å²) in [6, 6.07) is 5.71. The fourth-order valence-electron chi connectivity index (χ4n) is 3.33. The minimum atomic E-state index is -1.63. The van der Waals surface area contributed by atoms with E-state index in [1.807, 2.05) is 26.0 Å². The van der Waals surface area contributed by atoms with Crippen molar-refractivity contribution in [2.75, 3.05) is 0 Å². The maximum absolute atomic E-state index is 14.8. The summed E-state index contributed by atoms with van der Waals surface area (Å²) in [5.41, 5.74) is 1.23. The van der Waals surface area contributed by atoms with Gasteiger partial charge in [-0.25, -0.2) is 4.39 Å². The Hall–Kier alpha value is -1.18. The summed E-state index contributed by atoms with van der Waals surface area (Å²) < 4.78 is 14.8. The molecule has 0 spiro atoms. The molecule has 2 aliphatic carbocycles. The molecule has 2 aliphatic rings. The van der Waals surface area contributed by atoms with Crippen molar-refractivity contribution in [3.63, 3.8) is 0 Å². The molecule has 0 bridgehead atoms. The zero-order valence-electron chi connectivity index (χ0n) is 11.4. The Kier molecular flexibility index (Phi) is 3.56. The van der Waals surface area contributed by atoms with E-state index in [9.17, 15) is 9.18 Å². The summed E-state index contributed by atoms with van der Waals surface area (Å²) in [4.78, 5) is 12.1. The standard InChI is InChI=1S/C14H15FO.C2H6/c1-2-14(15)11-8-4-6-9-5-3-7-10(12(9)11)13(14)16;1-2/h3,5,7,11H,2,4,6,8H2,1H3;1-2H3. The molecule has 0 amide bonds. The average molecular weight is 248 g/mol. The molecule has 2 atom stereocenters. The zero-order valence-corrected chi connectivity index (χ0v) is 11.4. The van der Waals surface area contributed by atoms with E-state index in [1.54, 1.807) is 13.0 Å². The normalized spacial score (nSPS) is 28.4. The SMILES string of the molecule is CC.CCC1(F)C(=O)c2cccc3c2C1CCC3. The molecule has 0 radical (unpaired) electrons. The van der Waals surface area contributed by atoms with Gasteiger partial charge in [-0.15, -0.1) is 0 Å². The third-order valence-electron chi connectivity index (χ3n) is 4.17. The van der Waals surface area contributed by atoms with E-state index in [0.717, 1.165) is 24.8 Å². The molecule has 0 N–H and O–H groups in total. The van der Waals surface area contributed by atoms with Gasteiger partial charge in [-0.05, 0) is 36.8 Å². The minimum Gasteiger partial charge on any atom is -0.291 e. The monoisotopic (exact) mass is 248 g/mol. The first kappa shape index (κ1) is 13.3. The lowest BCUT2D eigenvalue weighted by Gasteiger charge is -2.29. The van der Waals surface area contributed by atoms with Crippen LogP contribution in [-0.2, 0) is 6.42 Å². The molecule has 0 aliphatic heterocycles. The number of Topliss-reactive ketones (excluding diaryl/α,β-unsaturated/α-hetero) is 1. The van der Waals surface area contributed by atoms with Crippen molar-refractivity contribution in [1.82, 2.24) is 0 Å². The first-order valence-corrected chi connectivity index (χ1v) is 7.04. The first-order valence-electron chi connectivity index (χ1n) is 7.04. The van der Waals surface area contributed by atoms with Gasteiger partial charge in [0.2, 0.25) is 5.78 Å². The van der Waals surface area contributed by atoms with Gasteiger partial charge in [0.05, 0.1) is 0 Å². The zero-order chi connectivity index (χ0) is 13.3. The van der Waals surface area contributed by atoms with Gasteiger partial charge in [0, 0.05) is 11.5 Å². The third kappa shape index (κ3) is 1.62. The second-order valence-electron chi connectivity index (χ2n) is 4.87. The number of benzene rings is 1. The summed E-state index contributed by atoms with van der Waals surface area (Å²) in [6.07, 6.45) is 3.11. The quantitative estimate of drug-likeness (QED) is 0.717. The fourth-order valence-corrected chi connectivity index (χ4v) is 3.33. The number of hydrogen-bond acceptors (Lipinski definition) is 1. The molecule has 0 saturated heterocycles. The van der Waals surface area contributed by atoms with E-state index in [4.69, 9.17) is 0 Å². The molecule has 18 heavy (non-hydrogen) atoms. The lowest BCUT2D eigenvalue weighted by atomic mass is 9.78. The summed E-state index contributed by atoms with van der Waals surface area (Å²) in [6.45, 7) is 5.78. The Labute approximate surface area is 108 Å². The second-order valence-corrected chi connectivity index (χ2v) is 4.87. The topological polar surface area (TPSA) is 17.1 Å². The van der Waals surface area contributed by atoms with Gasteiger partial charge < -0.3 is 0 Å². The van der Waals surface area contributed by atoms with E-state index in [2.05, 4.69) is 0 Å². The van der Waals surface area contributed by atoms with Crippen molar-refractivity contribution in [3.8, 4) is 0 Å². The van der Waals surface area contributed by atoms with Crippen LogP contribution < -0.4 is 0 Å². The van der Waals surface area contributed by atoms with Gasteiger partial charge in [-0.1, -0.05) is 39.0 Å². The third-order valence-corrected chi connectivity index (χ3v) is 4.17. The van der Waals surface area contributed by atoms with E-state index in [0.29, 0.717) is 12.0 Å². The van der Waals surface area contributed by atoms with Crippen molar-refractivity contribution >= 4 is 5.78 Å². The molecule has 3 rings (SSSR count). The highest BCUT2D eigenvalue weighted by atomic mass is 19.1. The van der Waals surface area contributed by atoms with Crippen LogP contribution in [0, 0.1) is 0 Å². The molecule has 1 aromatic rings. The Morgan fingerprint density at radius 3 is 2.78 bits per heavy atom. The summed E-state index contributed by atoms with van der Waals surface area (Å²) in [5.74, 6) is -0.455. The van der Waals surface area contributed by atoms with Crippen LogP contribution in [0.2, 0.25) is 0 Å². The van der Waals surface area contributed by atoms with E-state index >= 15 is 0 Å². The maximum Gasteiger partial charge on any atom is 0.200 e. The summed E-state index contributed by atoms with van der Waals surface area (Å²) in [5, 5.41) is 0. The average Bonchev–Trinajstić information content (AvgIpc) is 2.67. The highest BCUT2D eigenvalue weighted by Crippen LogP contribution is 2.51. The van der Waals surface area contributed by atoms with Gasteiger partial charge in [0.25, 0.3) is 0 Å². The highest BCUT2D eigenvalue weighted by molar-refractivity contribution is 6.08. The molecule has 0 saturated carbocycles. The Bertz CT molecular complexity index is 466. The van der Waals surface area contributed by atoms with Crippen LogP contribution >= 0.6 is 0 Å². The van der Waals surface area contributed by atoms with Crippen LogP contribution in [0.25, 0.3) is 0 Å².